The number of ether oxygens (including phenoxy) is 2. The summed E-state index contributed by atoms with van der Waals surface area (Å²) in [5.74, 6) is -1.96. The number of alkyl carbamates (subject to hydrolysis) is 1. The molecular formula is C37H43ClN6O7. The average Bonchev–Trinajstić information content (AvgIpc) is 3.70. The zero-order valence-electron chi connectivity index (χ0n) is 29.7. The number of carboxylic acids is 1. The average molecular weight is 719 g/mol. The Morgan fingerprint density at radius 1 is 1.08 bits per heavy atom. The molecule has 13 nitrogen and oxygen atoms in total. The second kappa shape index (κ2) is 13.9. The number of halogens is 1. The molecule has 1 saturated carbocycles. The molecule has 2 fully saturated rings. The van der Waals surface area contributed by atoms with E-state index in [1.54, 1.807) is 57.6 Å². The Balaban J connectivity index is 1.67. The van der Waals surface area contributed by atoms with Crippen LogP contribution in [0, 0.1) is 5.41 Å². The highest BCUT2D eigenvalue weighted by Crippen LogP contribution is 2.43. The topological polar surface area (TPSA) is 172 Å². The Kier molecular flexibility index (Phi) is 10.2. The first-order valence-electron chi connectivity index (χ1n) is 16.6. The lowest BCUT2D eigenvalue weighted by Gasteiger charge is -2.35. The number of carbonyl (C=O) groups is 4. The van der Waals surface area contributed by atoms with Gasteiger partial charge in [0.15, 0.2) is 0 Å². The summed E-state index contributed by atoms with van der Waals surface area (Å²) < 4.78 is 11.2. The van der Waals surface area contributed by atoms with Gasteiger partial charge in [-0.05, 0) is 75.6 Å². The van der Waals surface area contributed by atoms with Crippen LogP contribution in [0.5, 0.6) is 0 Å². The van der Waals surface area contributed by atoms with Gasteiger partial charge in [-0.2, -0.15) is 0 Å². The Bertz CT molecular complexity index is 1850. The number of guanidine groups is 1. The summed E-state index contributed by atoms with van der Waals surface area (Å²) in [5, 5.41) is 16.0. The quantitative estimate of drug-likeness (QED) is 0.212. The molecule has 3 amide bonds. The Hall–Kier alpha value is -5.04. The summed E-state index contributed by atoms with van der Waals surface area (Å²) in [6.45, 7) is 12.5. The van der Waals surface area contributed by atoms with Crippen molar-refractivity contribution >= 4 is 41.6 Å². The van der Waals surface area contributed by atoms with Gasteiger partial charge in [0.25, 0.3) is 5.91 Å². The molecule has 2 aliphatic rings. The van der Waals surface area contributed by atoms with Crippen molar-refractivity contribution in [2.24, 2.45) is 10.4 Å². The molecule has 1 aliphatic carbocycles. The number of benzene rings is 2. The summed E-state index contributed by atoms with van der Waals surface area (Å²) in [5.41, 5.74) is -1.20. The largest absolute Gasteiger partial charge is 0.478 e. The van der Waals surface area contributed by atoms with Crippen LogP contribution < -0.4 is 10.6 Å². The lowest BCUT2D eigenvalue weighted by molar-refractivity contribution is -0.134. The third kappa shape index (κ3) is 8.83. The van der Waals surface area contributed by atoms with Gasteiger partial charge in [-0.15, -0.1) is 4.99 Å². The molecule has 1 saturated heterocycles. The van der Waals surface area contributed by atoms with Crippen molar-refractivity contribution in [3.8, 4) is 11.3 Å². The van der Waals surface area contributed by atoms with E-state index in [1.165, 1.54) is 17.0 Å². The molecule has 5 rings (SSSR count). The van der Waals surface area contributed by atoms with Crippen molar-refractivity contribution in [3.05, 3.63) is 82.8 Å². The maximum atomic E-state index is 15.2. The van der Waals surface area contributed by atoms with Gasteiger partial charge in [-0.3, -0.25) is 19.7 Å². The summed E-state index contributed by atoms with van der Waals surface area (Å²) in [7, 11) is 0. The molecule has 3 aromatic rings. The van der Waals surface area contributed by atoms with E-state index in [2.05, 4.69) is 25.6 Å². The van der Waals surface area contributed by atoms with Crippen LogP contribution in [-0.2, 0) is 19.8 Å². The fraction of sp³-hybridized carbons (Fsp3) is 0.432. The Labute approximate surface area is 301 Å². The molecular weight excluding hydrogens is 676 g/mol. The molecule has 3 N–H and O–H groups in total. The van der Waals surface area contributed by atoms with Crippen LogP contribution in [0.2, 0.25) is 5.02 Å². The fourth-order valence-electron chi connectivity index (χ4n) is 5.92. The van der Waals surface area contributed by atoms with Gasteiger partial charge in [0.1, 0.15) is 17.7 Å². The van der Waals surface area contributed by atoms with E-state index in [0.717, 1.165) is 18.4 Å². The van der Waals surface area contributed by atoms with Gasteiger partial charge >= 0.3 is 18.2 Å². The smallest absolute Gasteiger partial charge is 0.437 e. The molecule has 1 aliphatic heterocycles. The number of hydrogen-bond donors (Lipinski definition) is 3. The van der Waals surface area contributed by atoms with E-state index in [1.807, 2.05) is 39.8 Å². The SMILES string of the molecule is CC(C)(C)C[C@]1(c2ccc(-c3cnccn3)cc2)N/C(=N/C(=O)OC(C)(C)C)N([C@H](COC(=O)NC2(C)CC2)c2ccc(Cl)c(C(=O)O)c2)C1=O. The predicted octanol–water partition coefficient (Wildman–Crippen LogP) is 6.87. The molecule has 2 heterocycles. The summed E-state index contributed by atoms with van der Waals surface area (Å²) in [4.78, 5) is 67.7. The third-order valence-corrected chi connectivity index (χ3v) is 8.78. The molecule has 0 spiro atoms. The van der Waals surface area contributed by atoms with E-state index in [9.17, 15) is 19.5 Å². The van der Waals surface area contributed by atoms with Crippen LogP contribution in [0.1, 0.15) is 95.3 Å². The van der Waals surface area contributed by atoms with Gasteiger partial charge in [0.05, 0.1) is 28.5 Å². The molecule has 0 bridgehead atoms. The van der Waals surface area contributed by atoms with Crippen LogP contribution in [0.25, 0.3) is 11.3 Å². The molecule has 2 aromatic carbocycles. The van der Waals surface area contributed by atoms with Gasteiger partial charge < -0.3 is 25.2 Å². The minimum Gasteiger partial charge on any atom is -0.478 e. The van der Waals surface area contributed by atoms with Crippen LogP contribution in [0.4, 0.5) is 9.59 Å². The first-order valence-corrected chi connectivity index (χ1v) is 17.0. The summed E-state index contributed by atoms with van der Waals surface area (Å²) in [6.07, 6.45) is 4.94. The molecule has 2 atom stereocenters. The predicted molar refractivity (Wildman–Crippen MR) is 190 cm³/mol. The molecule has 0 unspecified atom stereocenters. The maximum Gasteiger partial charge on any atom is 0.437 e. The van der Waals surface area contributed by atoms with Gasteiger partial charge in [0, 0.05) is 23.5 Å². The van der Waals surface area contributed by atoms with E-state index >= 15 is 4.79 Å². The number of rotatable bonds is 9. The third-order valence-electron chi connectivity index (χ3n) is 8.45. The van der Waals surface area contributed by atoms with E-state index < -0.39 is 58.8 Å². The lowest BCUT2D eigenvalue weighted by atomic mass is 9.75. The number of carbonyl (C=O) groups excluding carboxylic acids is 3. The molecule has 270 valence electrons. The highest BCUT2D eigenvalue weighted by molar-refractivity contribution is 6.33. The zero-order valence-corrected chi connectivity index (χ0v) is 30.5. The van der Waals surface area contributed by atoms with E-state index in [0.29, 0.717) is 11.3 Å². The van der Waals surface area contributed by atoms with Crippen LogP contribution >= 0.6 is 11.6 Å². The standard InChI is InChI=1S/C37H43ClN6O7/c1-34(2,3)21-37(24-11-8-22(9-12-24)27-19-39-16-17-40-27)30(47)44(31(42-37)41-32(48)51-35(4,5)6)28(20-50-33(49)43-36(7)14-15-36)23-10-13-26(38)25(18-23)29(45)46/h8-13,16-19,28H,14-15,20-21H2,1-7H3,(H,43,49)(H,45,46)(H,41,42,48)/t28-,37-/m1/s1. The highest BCUT2D eigenvalue weighted by atomic mass is 35.5. The monoisotopic (exact) mass is 718 g/mol. The van der Waals surface area contributed by atoms with Gasteiger partial charge in [0.2, 0.25) is 5.96 Å². The number of nitrogens with one attached hydrogen (secondary N) is 2. The Morgan fingerprint density at radius 2 is 1.76 bits per heavy atom. The number of aliphatic imine (C=N–C) groups is 1. The van der Waals surface area contributed by atoms with Crippen molar-refractivity contribution in [2.45, 2.75) is 90.4 Å². The number of nitrogens with zero attached hydrogens (tertiary/aromatic N) is 4. The summed E-state index contributed by atoms with van der Waals surface area (Å²) >= 11 is 6.24. The number of aromatic carboxylic acids is 1. The van der Waals surface area contributed by atoms with Crippen molar-refractivity contribution in [1.82, 2.24) is 25.5 Å². The number of hydrogen-bond acceptors (Lipinski definition) is 8. The number of amides is 3. The minimum absolute atomic E-state index is 0.0240. The summed E-state index contributed by atoms with van der Waals surface area (Å²) in [6, 6.07) is 10.4. The van der Waals surface area contributed by atoms with Crippen LogP contribution in [0.3, 0.4) is 0 Å². The first-order chi connectivity index (χ1) is 23.8. The van der Waals surface area contributed by atoms with E-state index in [4.69, 9.17) is 21.1 Å². The van der Waals surface area contributed by atoms with Crippen molar-refractivity contribution in [1.29, 1.82) is 0 Å². The molecule has 14 heteroatoms. The normalized spacial score (nSPS) is 19.6. The zero-order chi connectivity index (χ0) is 37.4. The lowest BCUT2D eigenvalue weighted by Crippen LogP contribution is -2.47. The molecule has 0 radical (unpaired) electrons. The molecule has 1 aromatic heterocycles. The second-order valence-corrected chi connectivity index (χ2v) is 15.8. The molecule has 51 heavy (non-hydrogen) atoms. The van der Waals surface area contributed by atoms with Crippen molar-refractivity contribution in [3.63, 3.8) is 0 Å². The van der Waals surface area contributed by atoms with Crippen LogP contribution in [-0.4, -0.2) is 67.7 Å². The maximum absolute atomic E-state index is 15.2. The second-order valence-electron chi connectivity index (χ2n) is 15.4. The Morgan fingerprint density at radius 3 is 2.33 bits per heavy atom. The van der Waals surface area contributed by atoms with E-state index in [-0.39, 0.29) is 28.5 Å². The van der Waals surface area contributed by atoms with Crippen LogP contribution in [0.15, 0.2) is 66.0 Å². The number of aromatic nitrogens is 2. The highest BCUT2D eigenvalue weighted by Gasteiger charge is 2.55. The van der Waals surface area contributed by atoms with Crippen molar-refractivity contribution in [2.75, 3.05) is 6.61 Å². The first kappa shape index (κ1) is 37.2. The number of carboxylic acid groups (broad SMARTS) is 1. The van der Waals surface area contributed by atoms with Crippen molar-refractivity contribution < 1.29 is 33.8 Å². The van der Waals surface area contributed by atoms with Gasteiger partial charge in [-0.25, -0.2) is 14.4 Å². The minimum atomic E-state index is -1.48. The van der Waals surface area contributed by atoms with Gasteiger partial charge in [-0.1, -0.05) is 62.7 Å². The fourth-order valence-corrected chi connectivity index (χ4v) is 6.12.